The standard InChI is InChI=1S/C25H29N3O4/c1-32-21-11-7-14-27(18-21)22(29)16-25(19-8-3-2-4-9-19)17-23(30)28(24(25)31)15-12-20-10-5-6-13-26-20/h2-6,8-10,13,21H,7,11-12,14-18H2,1H3/t21-,25+/m1/s1. The van der Waals surface area contributed by atoms with Crippen molar-refractivity contribution < 1.29 is 19.1 Å². The molecular formula is C25H29N3O4. The highest BCUT2D eigenvalue weighted by molar-refractivity contribution is 6.10. The van der Waals surface area contributed by atoms with Crippen LogP contribution in [0, 0.1) is 0 Å². The van der Waals surface area contributed by atoms with E-state index in [0.29, 0.717) is 25.1 Å². The zero-order chi connectivity index (χ0) is 22.6. The second-order valence-electron chi connectivity index (χ2n) is 8.56. The first-order chi connectivity index (χ1) is 15.5. The SMILES string of the molecule is CO[C@@H]1CCCN(C(=O)C[C@@]2(c3ccccc3)CC(=O)N(CCc3ccccn3)C2=O)C1. The van der Waals surface area contributed by atoms with E-state index < -0.39 is 5.41 Å². The Kier molecular flexibility index (Phi) is 6.65. The van der Waals surface area contributed by atoms with Crippen LogP contribution in [-0.2, 0) is 31.0 Å². The summed E-state index contributed by atoms with van der Waals surface area (Å²) in [4.78, 5) is 47.4. The third kappa shape index (κ3) is 4.43. The van der Waals surface area contributed by atoms with Crippen molar-refractivity contribution in [1.82, 2.24) is 14.8 Å². The van der Waals surface area contributed by atoms with Gasteiger partial charge in [-0.15, -0.1) is 0 Å². The van der Waals surface area contributed by atoms with Crippen LogP contribution in [0.1, 0.15) is 36.9 Å². The van der Waals surface area contributed by atoms with Crippen LogP contribution < -0.4 is 0 Å². The molecule has 3 heterocycles. The first kappa shape index (κ1) is 22.1. The van der Waals surface area contributed by atoms with Gasteiger partial charge in [-0.2, -0.15) is 0 Å². The van der Waals surface area contributed by atoms with E-state index in [1.807, 2.05) is 48.5 Å². The number of carbonyl (C=O) groups is 3. The number of nitrogens with zero attached hydrogens (tertiary/aromatic N) is 3. The summed E-state index contributed by atoms with van der Waals surface area (Å²) in [5.74, 6) is -0.641. The molecule has 7 nitrogen and oxygen atoms in total. The molecule has 2 atom stereocenters. The van der Waals surface area contributed by atoms with Gasteiger partial charge in [0.05, 0.1) is 11.5 Å². The third-order valence-electron chi connectivity index (χ3n) is 6.57. The predicted octanol–water partition coefficient (Wildman–Crippen LogP) is 2.35. The number of likely N-dealkylation sites (tertiary alicyclic amines) is 2. The van der Waals surface area contributed by atoms with Gasteiger partial charge in [0.15, 0.2) is 0 Å². The highest BCUT2D eigenvalue weighted by atomic mass is 16.5. The first-order valence-electron chi connectivity index (χ1n) is 11.1. The minimum absolute atomic E-state index is 0.00531. The Morgan fingerprint density at radius 1 is 1.16 bits per heavy atom. The first-order valence-corrected chi connectivity index (χ1v) is 11.1. The zero-order valence-electron chi connectivity index (χ0n) is 18.4. The summed E-state index contributed by atoms with van der Waals surface area (Å²) in [6, 6.07) is 14.8. The maximum absolute atomic E-state index is 13.7. The quantitative estimate of drug-likeness (QED) is 0.624. The van der Waals surface area contributed by atoms with Gasteiger partial charge in [0.1, 0.15) is 0 Å². The number of pyridine rings is 1. The zero-order valence-corrected chi connectivity index (χ0v) is 18.4. The van der Waals surface area contributed by atoms with Crippen molar-refractivity contribution in [3.63, 3.8) is 0 Å². The number of rotatable bonds is 7. The molecule has 0 saturated carbocycles. The van der Waals surface area contributed by atoms with Crippen LogP contribution in [0.25, 0.3) is 0 Å². The number of carbonyl (C=O) groups excluding carboxylic acids is 3. The van der Waals surface area contributed by atoms with Gasteiger partial charge in [-0.1, -0.05) is 36.4 Å². The van der Waals surface area contributed by atoms with Crippen LogP contribution in [0.2, 0.25) is 0 Å². The summed E-state index contributed by atoms with van der Waals surface area (Å²) in [5, 5.41) is 0. The van der Waals surface area contributed by atoms with E-state index in [0.717, 1.165) is 18.5 Å². The Morgan fingerprint density at radius 3 is 2.66 bits per heavy atom. The van der Waals surface area contributed by atoms with Crippen molar-refractivity contribution in [3.8, 4) is 0 Å². The summed E-state index contributed by atoms with van der Waals surface area (Å²) in [5.41, 5.74) is 0.368. The molecule has 2 aromatic rings. The summed E-state index contributed by atoms with van der Waals surface area (Å²) in [6.45, 7) is 1.42. The average molecular weight is 436 g/mol. The lowest BCUT2D eigenvalue weighted by Gasteiger charge is -2.35. The molecule has 1 aromatic carbocycles. The van der Waals surface area contributed by atoms with E-state index in [2.05, 4.69) is 4.98 Å². The van der Waals surface area contributed by atoms with Crippen LogP contribution >= 0.6 is 0 Å². The van der Waals surface area contributed by atoms with Gasteiger partial charge in [-0.3, -0.25) is 24.3 Å². The van der Waals surface area contributed by atoms with Gasteiger partial charge < -0.3 is 9.64 Å². The maximum atomic E-state index is 13.7. The van der Waals surface area contributed by atoms with Crippen LogP contribution in [0.15, 0.2) is 54.7 Å². The normalized spacial score (nSPS) is 23.6. The molecule has 2 fully saturated rings. The minimum atomic E-state index is -1.17. The van der Waals surface area contributed by atoms with Crippen molar-refractivity contribution in [2.75, 3.05) is 26.7 Å². The monoisotopic (exact) mass is 435 g/mol. The fraction of sp³-hybridized carbons (Fsp3) is 0.440. The van der Waals surface area contributed by atoms with E-state index in [-0.39, 0.29) is 43.2 Å². The Labute approximate surface area is 188 Å². The molecule has 0 bridgehead atoms. The summed E-state index contributed by atoms with van der Waals surface area (Å²) in [6.07, 6.45) is 3.97. The van der Waals surface area contributed by atoms with E-state index in [9.17, 15) is 14.4 Å². The molecule has 0 unspecified atom stereocenters. The molecule has 168 valence electrons. The lowest BCUT2D eigenvalue weighted by atomic mass is 9.75. The molecule has 32 heavy (non-hydrogen) atoms. The van der Waals surface area contributed by atoms with Gasteiger partial charge in [0.25, 0.3) is 0 Å². The largest absolute Gasteiger partial charge is 0.380 e. The van der Waals surface area contributed by atoms with Gasteiger partial charge in [-0.05, 0) is 30.5 Å². The van der Waals surface area contributed by atoms with Crippen molar-refractivity contribution in [1.29, 1.82) is 0 Å². The number of aromatic nitrogens is 1. The Morgan fingerprint density at radius 2 is 1.94 bits per heavy atom. The Bertz CT molecular complexity index is 966. The third-order valence-corrected chi connectivity index (χ3v) is 6.57. The molecule has 0 aliphatic carbocycles. The van der Waals surface area contributed by atoms with Crippen molar-refractivity contribution in [2.24, 2.45) is 0 Å². The smallest absolute Gasteiger partial charge is 0.240 e. The van der Waals surface area contributed by atoms with Crippen LogP contribution in [0.4, 0.5) is 0 Å². The van der Waals surface area contributed by atoms with E-state index in [1.54, 1.807) is 18.2 Å². The summed E-state index contributed by atoms with van der Waals surface area (Å²) in [7, 11) is 1.66. The number of piperidine rings is 1. The van der Waals surface area contributed by atoms with Crippen molar-refractivity contribution in [3.05, 3.63) is 66.0 Å². The second kappa shape index (κ2) is 9.61. The summed E-state index contributed by atoms with van der Waals surface area (Å²) >= 11 is 0. The molecule has 0 radical (unpaired) electrons. The minimum Gasteiger partial charge on any atom is -0.380 e. The van der Waals surface area contributed by atoms with Crippen LogP contribution in [0.5, 0.6) is 0 Å². The molecule has 3 amide bonds. The highest BCUT2D eigenvalue weighted by Crippen LogP contribution is 2.40. The van der Waals surface area contributed by atoms with Gasteiger partial charge in [-0.25, -0.2) is 0 Å². The number of hydrogen-bond donors (Lipinski definition) is 0. The number of ether oxygens (including phenoxy) is 1. The number of amides is 3. The fourth-order valence-corrected chi connectivity index (χ4v) is 4.75. The number of hydrogen-bond acceptors (Lipinski definition) is 5. The van der Waals surface area contributed by atoms with E-state index in [4.69, 9.17) is 4.74 Å². The second-order valence-corrected chi connectivity index (χ2v) is 8.56. The number of benzene rings is 1. The van der Waals surface area contributed by atoms with Crippen molar-refractivity contribution in [2.45, 2.75) is 43.6 Å². The van der Waals surface area contributed by atoms with E-state index >= 15 is 0 Å². The lowest BCUT2D eigenvalue weighted by Crippen LogP contribution is -2.47. The molecule has 2 aliphatic rings. The van der Waals surface area contributed by atoms with Gasteiger partial charge >= 0.3 is 0 Å². The Balaban J connectivity index is 1.57. The van der Waals surface area contributed by atoms with E-state index in [1.165, 1.54) is 4.90 Å². The van der Waals surface area contributed by atoms with Gasteiger partial charge in [0.2, 0.25) is 17.7 Å². The fourth-order valence-electron chi connectivity index (χ4n) is 4.75. The topological polar surface area (TPSA) is 79.8 Å². The lowest BCUT2D eigenvalue weighted by molar-refractivity contribution is -0.143. The number of imide groups is 1. The summed E-state index contributed by atoms with van der Waals surface area (Å²) < 4.78 is 5.45. The molecule has 7 heteroatoms. The molecule has 0 spiro atoms. The van der Waals surface area contributed by atoms with Crippen LogP contribution in [0.3, 0.4) is 0 Å². The molecule has 2 aliphatic heterocycles. The average Bonchev–Trinajstić information content (AvgIpc) is 3.08. The molecule has 4 rings (SSSR count). The maximum Gasteiger partial charge on any atom is 0.240 e. The number of methoxy groups -OCH3 is 1. The van der Waals surface area contributed by atoms with Crippen molar-refractivity contribution >= 4 is 17.7 Å². The molecular weight excluding hydrogens is 406 g/mol. The molecule has 1 aromatic heterocycles. The highest BCUT2D eigenvalue weighted by Gasteiger charge is 2.54. The molecule has 2 saturated heterocycles. The molecule has 0 N–H and O–H groups in total. The van der Waals surface area contributed by atoms with Crippen LogP contribution in [-0.4, -0.2) is 65.4 Å². The van der Waals surface area contributed by atoms with Gasteiger partial charge in [0, 0.05) is 57.9 Å². The predicted molar refractivity (Wildman–Crippen MR) is 119 cm³/mol. The Hall–Kier alpha value is -3.06.